The maximum absolute atomic E-state index is 12.3. The number of aromatic nitrogens is 1. The molecule has 0 saturated carbocycles. The molecule has 108 valence electrons. The van der Waals surface area contributed by atoms with Crippen LogP contribution in [0.1, 0.15) is 11.4 Å². The molecule has 0 radical (unpaired) electrons. The van der Waals surface area contributed by atoms with Gasteiger partial charge in [0.1, 0.15) is 0 Å². The number of carbonyl (C=O) groups is 2. The van der Waals surface area contributed by atoms with E-state index in [-0.39, 0.29) is 18.2 Å². The number of benzene rings is 1. The minimum Gasteiger partial charge on any atom is -0.305 e. The first-order valence-corrected chi connectivity index (χ1v) is 7.67. The van der Waals surface area contributed by atoms with Crippen LogP contribution in [0.3, 0.4) is 0 Å². The molecule has 5 nitrogen and oxygen atoms in total. The van der Waals surface area contributed by atoms with Crippen LogP contribution in [0.2, 0.25) is 0 Å². The molecule has 3 rings (SSSR count). The van der Waals surface area contributed by atoms with Gasteiger partial charge in [-0.25, -0.2) is 9.88 Å². The van der Waals surface area contributed by atoms with Crippen LogP contribution >= 0.6 is 11.3 Å². The quantitative estimate of drug-likeness (QED) is 0.852. The lowest BCUT2D eigenvalue weighted by molar-refractivity contribution is -0.121. The van der Waals surface area contributed by atoms with E-state index in [0.29, 0.717) is 12.2 Å². The van der Waals surface area contributed by atoms with E-state index in [1.807, 2.05) is 23.6 Å². The van der Waals surface area contributed by atoms with Crippen molar-refractivity contribution in [2.24, 2.45) is 0 Å². The fraction of sp³-hybridized carbons (Fsp3) is 0.267. The average Bonchev–Trinajstić information content (AvgIpc) is 3.09. The zero-order valence-electron chi connectivity index (χ0n) is 11.4. The van der Waals surface area contributed by atoms with Crippen LogP contribution in [-0.2, 0) is 16.0 Å². The Hall–Kier alpha value is -2.05. The summed E-state index contributed by atoms with van der Waals surface area (Å²) in [5.74, 6) is -0.330. The van der Waals surface area contributed by atoms with Crippen molar-refractivity contribution in [3.63, 3.8) is 0 Å². The summed E-state index contributed by atoms with van der Waals surface area (Å²) in [7, 11) is 0. The monoisotopic (exact) mass is 301 g/mol. The van der Waals surface area contributed by atoms with Gasteiger partial charge >= 0.3 is 0 Å². The molecule has 1 aliphatic heterocycles. The van der Waals surface area contributed by atoms with Crippen LogP contribution in [-0.4, -0.2) is 29.4 Å². The molecule has 1 N–H and O–H groups in total. The molecule has 0 spiro atoms. The Morgan fingerprint density at radius 3 is 2.81 bits per heavy atom. The van der Waals surface area contributed by atoms with Gasteiger partial charge in [-0.05, 0) is 12.1 Å². The molecule has 1 saturated heterocycles. The van der Waals surface area contributed by atoms with Crippen LogP contribution in [0.15, 0.2) is 41.9 Å². The van der Waals surface area contributed by atoms with Crippen LogP contribution in [0.5, 0.6) is 0 Å². The Morgan fingerprint density at radius 1 is 1.29 bits per heavy atom. The highest BCUT2D eigenvalue weighted by molar-refractivity contribution is 7.09. The SMILES string of the molecule is O=C1CC(NCCc2nccs2)C(=O)N1c1ccccc1. The molecular formula is C15H15N3O2S. The molecule has 1 aromatic heterocycles. The van der Waals surface area contributed by atoms with Crippen molar-refractivity contribution in [2.75, 3.05) is 11.4 Å². The van der Waals surface area contributed by atoms with Crippen molar-refractivity contribution < 1.29 is 9.59 Å². The number of carbonyl (C=O) groups excluding carboxylic acids is 2. The van der Waals surface area contributed by atoms with Gasteiger partial charge in [0, 0.05) is 24.5 Å². The van der Waals surface area contributed by atoms with Crippen LogP contribution in [0.25, 0.3) is 0 Å². The average molecular weight is 301 g/mol. The molecule has 1 aromatic carbocycles. The van der Waals surface area contributed by atoms with Gasteiger partial charge in [-0.1, -0.05) is 18.2 Å². The number of thiazole rings is 1. The zero-order valence-corrected chi connectivity index (χ0v) is 12.2. The summed E-state index contributed by atoms with van der Waals surface area (Å²) in [5.41, 5.74) is 0.636. The van der Waals surface area contributed by atoms with E-state index in [4.69, 9.17) is 0 Å². The highest BCUT2D eigenvalue weighted by Crippen LogP contribution is 2.22. The minimum absolute atomic E-state index is 0.155. The Bertz CT molecular complexity index is 628. The van der Waals surface area contributed by atoms with Gasteiger partial charge in [-0.15, -0.1) is 11.3 Å². The molecule has 1 atom stereocenters. The fourth-order valence-electron chi connectivity index (χ4n) is 2.37. The number of nitrogens with one attached hydrogen (secondary N) is 1. The first-order valence-electron chi connectivity index (χ1n) is 6.79. The second-order valence-electron chi connectivity index (χ2n) is 4.79. The molecule has 1 unspecified atom stereocenters. The molecular weight excluding hydrogens is 286 g/mol. The van der Waals surface area contributed by atoms with E-state index in [1.165, 1.54) is 4.90 Å². The van der Waals surface area contributed by atoms with E-state index in [1.54, 1.807) is 29.7 Å². The predicted molar refractivity (Wildman–Crippen MR) is 81.2 cm³/mol. The van der Waals surface area contributed by atoms with Crippen LogP contribution in [0.4, 0.5) is 5.69 Å². The van der Waals surface area contributed by atoms with E-state index in [9.17, 15) is 9.59 Å². The maximum Gasteiger partial charge on any atom is 0.251 e. The lowest BCUT2D eigenvalue weighted by Crippen LogP contribution is -2.39. The largest absolute Gasteiger partial charge is 0.305 e. The number of imide groups is 1. The highest BCUT2D eigenvalue weighted by atomic mass is 32.1. The van der Waals surface area contributed by atoms with Crippen LogP contribution in [0, 0.1) is 0 Å². The molecule has 0 aliphatic carbocycles. The normalized spacial score (nSPS) is 18.5. The van der Waals surface area contributed by atoms with Gasteiger partial charge in [-0.3, -0.25) is 9.59 Å². The Labute approximate surface area is 126 Å². The van der Waals surface area contributed by atoms with Crippen molar-refractivity contribution in [3.8, 4) is 0 Å². The van der Waals surface area contributed by atoms with Gasteiger partial charge in [0.15, 0.2) is 0 Å². The number of hydrogen-bond acceptors (Lipinski definition) is 5. The zero-order chi connectivity index (χ0) is 14.7. The number of hydrogen-bond donors (Lipinski definition) is 1. The third kappa shape index (κ3) is 3.01. The maximum atomic E-state index is 12.3. The molecule has 0 bridgehead atoms. The molecule has 2 heterocycles. The molecule has 2 amide bonds. The van der Waals surface area contributed by atoms with Gasteiger partial charge in [-0.2, -0.15) is 0 Å². The van der Waals surface area contributed by atoms with Gasteiger partial charge in [0.05, 0.1) is 23.2 Å². The van der Waals surface area contributed by atoms with E-state index >= 15 is 0 Å². The Morgan fingerprint density at radius 2 is 2.10 bits per heavy atom. The molecule has 21 heavy (non-hydrogen) atoms. The Kier molecular flexibility index (Phi) is 4.08. The number of amides is 2. The fourth-order valence-corrected chi connectivity index (χ4v) is 2.99. The van der Waals surface area contributed by atoms with Gasteiger partial charge < -0.3 is 5.32 Å². The summed E-state index contributed by atoms with van der Waals surface area (Å²) in [6.07, 6.45) is 2.74. The van der Waals surface area contributed by atoms with Crippen molar-refractivity contribution >= 4 is 28.8 Å². The summed E-state index contributed by atoms with van der Waals surface area (Å²) in [5, 5.41) is 6.11. The Balaban J connectivity index is 1.61. The van der Waals surface area contributed by atoms with Crippen LogP contribution < -0.4 is 10.2 Å². The predicted octanol–water partition coefficient (Wildman–Crippen LogP) is 1.61. The second-order valence-corrected chi connectivity index (χ2v) is 5.77. The van der Waals surface area contributed by atoms with E-state index < -0.39 is 6.04 Å². The standard InChI is InChI=1S/C15H15N3O2S/c19-14-10-12(16-7-6-13-17-8-9-21-13)15(20)18(14)11-4-2-1-3-5-11/h1-5,8-9,12,16H,6-7,10H2. The van der Waals surface area contributed by atoms with Gasteiger partial charge in [0.2, 0.25) is 5.91 Å². The summed E-state index contributed by atoms with van der Waals surface area (Å²) < 4.78 is 0. The van der Waals surface area contributed by atoms with Crippen molar-refractivity contribution in [2.45, 2.75) is 18.9 Å². The third-order valence-electron chi connectivity index (χ3n) is 3.37. The third-order valence-corrected chi connectivity index (χ3v) is 4.21. The summed E-state index contributed by atoms with van der Waals surface area (Å²) in [4.78, 5) is 29.8. The first-order chi connectivity index (χ1) is 10.3. The molecule has 2 aromatic rings. The topological polar surface area (TPSA) is 62.3 Å². The molecule has 1 fully saturated rings. The minimum atomic E-state index is -0.433. The first kappa shape index (κ1) is 13.9. The van der Waals surface area contributed by atoms with Crippen molar-refractivity contribution in [3.05, 3.63) is 46.9 Å². The van der Waals surface area contributed by atoms with Crippen molar-refractivity contribution in [1.82, 2.24) is 10.3 Å². The highest BCUT2D eigenvalue weighted by Gasteiger charge is 2.38. The van der Waals surface area contributed by atoms with E-state index in [2.05, 4.69) is 10.3 Å². The van der Waals surface area contributed by atoms with E-state index in [0.717, 1.165) is 11.4 Å². The summed E-state index contributed by atoms with van der Waals surface area (Å²) in [6.45, 7) is 0.639. The lowest BCUT2D eigenvalue weighted by atomic mass is 10.2. The van der Waals surface area contributed by atoms with Gasteiger partial charge in [0.25, 0.3) is 5.91 Å². The lowest BCUT2D eigenvalue weighted by Gasteiger charge is -2.15. The second kappa shape index (κ2) is 6.15. The number of rotatable bonds is 5. The smallest absolute Gasteiger partial charge is 0.251 e. The molecule has 1 aliphatic rings. The summed E-state index contributed by atoms with van der Waals surface area (Å²) >= 11 is 1.59. The molecule has 6 heteroatoms. The number of para-hydroxylation sites is 1. The number of nitrogens with zero attached hydrogens (tertiary/aromatic N) is 2. The van der Waals surface area contributed by atoms with Crippen molar-refractivity contribution in [1.29, 1.82) is 0 Å². The number of anilines is 1. The summed E-state index contributed by atoms with van der Waals surface area (Å²) in [6, 6.07) is 8.61.